The average Bonchev–Trinajstić information content (AvgIpc) is 2.35. The van der Waals surface area contributed by atoms with Crippen LogP contribution in [-0.2, 0) is 19.1 Å². The lowest BCUT2D eigenvalue weighted by atomic mass is 9.79. The summed E-state index contributed by atoms with van der Waals surface area (Å²) in [7, 11) is 0. The third-order valence-electron chi connectivity index (χ3n) is 3.28. The molecule has 6 heteroatoms. The Morgan fingerprint density at radius 2 is 1.72 bits per heavy atom. The number of carbonyl (C=O) groups is 3. The molecule has 102 valence electrons. The topological polar surface area (TPSA) is 101 Å². The van der Waals surface area contributed by atoms with Crippen molar-refractivity contribution in [3.05, 3.63) is 0 Å². The lowest BCUT2D eigenvalue weighted by Crippen LogP contribution is -2.34. The standard InChI is InChI=1S/C12H18O6/c1-7(10(13)14)6-18-12(17)9-5-3-2-4-8(9)11(15)16/h7-9H,2-6H2,1H3,(H,13,14)(H,15,16). The quantitative estimate of drug-likeness (QED) is 0.717. The van der Waals surface area contributed by atoms with Crippen LogP contribution in [0.2, 0.25) is 0 Å². The Hall–Kier alpha value is -1.59. The Labute approximate surface area is 105 Å². The maximum atomic E-state index is 11.8. The summed E-state index contributed by atoms with van der Waals surface area (Å²) in [6.07, 6.45) is 2.57. The van der Waals surface area contributed by atoms with E-state index < -0.39 is 35.7 Å². The second-order valence-electron chi connectivity index (χ2n) is 4.71. The smallest absolute Gasteiger partial charge is 0.309 e. The van der Waals surface area contributed by atoms with Crippen LogP contribution in [0.15, 0.2) is 0 Å². The minimum Gasteiger partial charge on any atom is -0.481 e. The molecular weight excluding hydrogens is 240 g/mol. The summed E-state index contributed by atoms with van der Waals surface area (Å²) in [5.41, 5.74) is 0. The minimum absolute atomic E-state index is 0.211. The number of carboxylic acid groups (broad SMARTS) is 2. The molecule has 0 spiro atoms. The van der Waals surface area contributed by atoms with E-state index in [1.165, 1.54) is 6.92 Å². The van der Waals surface area contributed by atoms with Gasteiger partial charge in [-0.1, -0.05) is 12.8 Å². The summed E-state index contributed by atoms with van der Waals surface area (Å²) in [6.45, 7) is 1.22. The molecule has 0 saturated heterocycles. The molecule has 1 aliphatic rings. The minimum atomic E-state index is -1.04. The molecule has 3 unspecified atom stereocenters. The summed E-state index contributed by atoms with van der Waals surface area (Å²) in [5, 5.41) is 17.7. The highest BCUT2D eigenvalue weighted by Crippen LogP contribution is 2.31. The predicted molar refractivity (Wildman–Crippen MR) is 60.8 cm³/mol. The van der Waals surface area contributed by atoms with Crippen molar-refractivity contribution in [3.8, 4) is 0 Å². The maximum absolute atomic E-state index is 11.8. The largest absolute Gasteiger partial charge is 0.481 e. The van der Waals surface area contributed by atoms with E-state index in [1.54, 1.807) is 0 Å². The van der Waals surface area contributed by atoms with Gasteiger partial charge in [-0.25, -0.2) is 0 Å². The molecule has 18 heavy (non-hydrogen) atoms. The number of hydrogen-bond acceptors (Lipinski definition) is 4. The second-order valence-corrected chi connectivity index (χ2v) is 4.71. The van der Waals surface area contributed by atoms with Crippen molar-refractivity contribution >= 4 is 17.9 Å². The Bertz CT molecular complexity index is 337. The number of ether oxygens (including phenoxy) is 1. The van der Waals surface area contributed by atoms with Gasteiger partial charge in [-0.2, -0.15) is 0 Å². The van der Waals surface area contributed by atoms with Crippen molar-refractivity contribution in [2.75, 3.05) is 6.61 Å². The fraction of sp³-hybridized carbons (Fsp3) is 0.750. The van der Waals surface area contributed by atoms with Crippen molar-refractivity contribution in [3.63, 3.8) is 0 Å². The number of hydrogen-bond donors (Lipinski definition) is 2. The van der Waals surface area contributed by atoms with Crippen molar-refractivity contribution in [2.45, 2.75) is 32.6 Å². The van der Waals surface area contributed by atoms with Gasteiger partial charge in [0, 0.05) is 0 Å². The first kappa shape index (κ1) is 14.5. The van der Waals surface area contributed by atoms with E-state index in [4.69, 9.17) is 14.9 Å². The van der Waals surface area contributed by atoms with E-state index in [-0.39, 0.29) is 6.61 Å². The SMILES string of the molecule is CC(COC(=O)C1CCCCC1C(=O)O)C(=O)O. The highest BCUT2D eigenvalue weighted by atomic mass is 16.5. The zero-order valence-electron chi connectivity index (χ0n) is 10.3. The predicted octanol–water partition coefficient (Wildman–Crippen LogP) is 1.14. The van der Waals surface area contributed by atoms with E-state index in [0.29, 0.717) is 12.8 Å². The van der Waals surface area contributed by atoms with Crippen LogP contribution in [0.3, 0.4) is 0 Å². The Balaban J connectivity index is 2.53. The Kier molecular flexibility index (Phi) is 5.12. The maximum Gasteiger partial charge on any atom is 0.309 e. The van der Waals surface area contributed by atoms with Crippen LogP contribution < -0.4 is 0 Å². The number of aliphatic carboxylic acids is 2. The summed E-state index contributed by atoms with van der Waals surface area (Å²) in [4.78, 5) is 33.4. The summed E-state index contributed by atoms with van der Waals surface area (Å²) in [5.74, 6) is -4.73. The Morgan fingerprint density at radius 1 is 1.17 bits per heavy atom. The van der Waals surface area contributed by atoms with Gasteiger partial charge < -0.3 is 14.9 Å². The lowest BCUT2D eigenvalue weighted by Gasteiger charge is -2.26. The highest BCUT2D eigenvalue weighted by Gasteiger charge is 2.37. The van der Waals surface area contributed by atoms with E-state index in [1.807, 2.05) is 0 Å². The molecule has 0 radical (unpaired) electrons. The third kappa shape index (κ3) is 3.72. The van der Waals surface area contributed by atoms with Gasteiger partial charge in [-0.3, -0.25) is 14.4 Å². The lowest BCUT2D eigenvalue weighted by molar-refractivity contribution is -0.162. The van der Waals surface area contributed by atoms with Gasteiger partial charge in [0.15, 0.2) is 0 Å². The number of carboxylic acids is 2. The second kappa shape index (κ2) is 6.37. The van der Waals surface area contributed by atoms with Gasteiger partial charge in [0.05, 0.1) is 17.8 Å². The molecule has 0 aromatic carbocycles. The molecule has 1 aliphatic carbocycles. The van der Waals surface area contributed by atoms with Gasteiger partial charge in [-0.05, 0) is 19.8 Å². The molecule has 0 amide bonds. The van der Waals surface area contributed by atoms with Crippen LogP contribution in [0.5, 0.6) is 0 Å². The van der Waals surface area contributed by atoms with Gasteiger partial charge >= 0.3 is 17.9 Å². The number of esters is 1. The van der Waals surface area contributed by atoms with Crippen molar-refractivity contribution < 1.29 is 29.3 Å². The monoisotopic (exact) mass is 258 g/mol. The van der Waals surface area contributed by atoms with Gasteiger partial charge in [0.1, 0.15) is 6.61 Å². The van der Waals surface area contributed by atoms with Crippen LogP contribution in [0, 0.1) is 17.8 Å². The molecule has 6 nitrogen and oxygen atoms in total. The summed E-state index contributed by atoms with van der Waals surface area (Å²) < 4.78 is 4.90. The molecule has 0 aliphatic heterocycles. The van der Waals surface area contributed by atoms with Crippen LogP contribution >= 0.6 is 0 Å². The first-order chi connectivity index (χ1) is 8.43. The van der Waals surface area contributed by atoms with Crippen molar-refractivity contribution in [1.82, 2.24) is 0 Å². The molecule has 1 saturated carbocycles. The van der Waals surface area contributed by atoms with E-state index in [0.717, 1.165) is 12.8 Å². The number of carbonyl (C=O) groups excluding carboxylic acids is 1. The van der Waals surface area contributed by atoms with E-state index in [2.05, 4.69) is 0 Å². The van der Waals surface area contributed by atoms with Crippen molar-refractivity contribution in [1.29, 1.82) is 0 Å². The van der Waals surface area contributed by atoms with Gasteiger partial charge in [-0.15, -0.1) is 0 Å². The summed E-state index contributed by atoms with van der Waals surface area (Å²) >= 11 is 0. The van der Waals surface area contributed by atoms with Gasteiger partial charge in [0.25, 0.3) is 0 Å². The summed E-state index contributed by atoms with van der Waals surface area (Å²) in [6, 6.07) is 0. The van der Waals surface area contributed by atoms with E-state index in [9.17, 15) is 14.4 Å². The average molecular weight is 258 g/mol. The molecule has 0 bridgehead atoms. The van der Waals surface area contributed by atoms with E-state index >= 15 is 0 Å². The van der Waals surface area contributed by atoms with Crippen LogP contribution in [-0.4, -0.2) is 34.7 Å². The molecular formula is C12H18O6. The fourth-order valence-corrected chi connectivity index (χ4v) is 2.09. The highest BCUT2D eigenvalue weighted by molar-refractivity contribution is 5.81. The van der Waals surface area contributed by atoms with Crippen LogP contribution in [0.1, 0.15) is 32.6 Å². The first-order valence-corrected chi connectivity index (χ1v) is 6.05. The molecule has 1 rings (SSSR count). The Morgan fingerprint density at radius 3 is 2.22 bits per heavy atom. The third-order valence-corrected chi connectivity index (χ3v) is 3.28. The molecule has 0 aromatic heterocycles. The van der Waals surface area contributed by atoms with Gasteiger partial charge in [0.2, 0.25) is 0 Å². The number of rotatable bonds is 5. The van der Waals surface area contributed by atoms with Crippen LogP contribution in [0.25, 0.3) is 0 Å². The van der Waals surface area contributed by atoms with Crippen LogP contribution in [0.4, 0.5) is 0 Å². The van der Waals surface area contributed by atoms with Crippen molar-refractivity contribution in [2.24, 2.45) is 17.8 Å². The molecule has 3 atom stereocenters. The molecule has 1 fully saturated rings. The zero-order valence-corrected chi connectivity index (χ0v) is 10.3. The normalized spacial score (nSPS) is 25.2. The fourth-order valence-electron chi connectivity index (χ4n) is 2.09. The first-order valence-electron chi connectivity index (χ1n) is 6.05. The molecule has 0 heterocycles. The molecule has 0 aromatic rings. The molecule has 2 N–H and O–H groups in total. The zero-order chi connectivity index (χ0) is 13.7.